The quantitative estimate of drug-likeness (QED) is 0.738. The molecular formula is C19H22N4O3S. The molecule has 0 amide bonds. The molecule has 0 radical (unpaired) electrons. The van der Waals surface area contributed by atoms with Crippen molar-refractivity contribution in [2.45, 2.75) is 19.4 Å². The standard InChI is InChI=1S/C19H22N4O3S/c1-19(2,24)14-10-13-16(27-14)18(23-6-8-26-9-7-23)22-17(21-13)12-4-5-15(25-3)20-11-12/h4-5,10-11,24H,6-9H2,1-3H3. The zero-order valence-corrected chi connectivity index (χ0v) is 16.4. The van der Waals surface area contributed by atoms with Crippen molar-refractivity contribution in [1.29, 1.82) is 0 Å². The highest BCUT2D eigenvalue weighted by Crippen LogP contribution is 2.38. The van der Waals surface area contributed by atoms with Gasteiger partial charge in [-0.15, -0.1) is 11.3 Å². The van der Waals surface area contributed by atoms with Crippen LogP contribution < -0.4 is 9.64 Å². The van der Waals surface area contributed by atoms with E-state index in [1.165, 1.54) is 0 Å². The van der Waals surface area contributed by atoms with E-state index in [9.17, 15) is 5.11 Å². The van der Waals surface area contributed by atoms with Crippen LogP contribution in [0.2, 0.25) is 0 Å². The van der Waals surface area contributed by atoms with Crippen molar-refractivity contribution in [1.82, 2.24) is 15.0 Å². The number of rotatable bonds is 4. The number of methoxy groups -OCH3 is 1. The van der Waals surface area contributed by atoms with Gasteiger partial charge in [-0.25, -0.2) is 15.0 Å². The van der Waals surface area contributed by atoms with Crippen molar-refractivity contribution in [2.24, 2.45) is 0 Å². The molecule has 3 aromatic heterocycles. The zero-order chi connectivity index (χ0) is 19.0. The van der Waals surface area contributed by atoms with E-state index in [4.69, 9.17) is 19.4 Å². The largest absolute Gasteiger partial charge is 0.481 e. The minimum Gasteiger partial charge on any atom is -0.481 e. The lowest BCUT2D eigenvalue weighted by molar-refractivity contribution is 0.0826. The van der Waals surface area contributed by atoms with Crippen molar-refractivity contribution < 1.29 is 14.6 Å². The van der Waals surface area contributed by atoms with Crippen molar-refractivity contribution in [3.05, 3.63) is 29.3 Å². The van der Waals surface area contributed by atoms with E-state index >= 15 is 0 Å². The Bertz CT molecular complexity index is 944. The fraction of sp³-hybridized carbons (Fsp3) is 0.421. The second-order valence-corrected chi connectivity index (χ2v) is 8.00. The number of thiophene rings is 1. The highest BCUT2D eigenvalue weighted by atomic mass is 32.1. The number of anilines is 1. The molecule has 0 atom stereocenters. The first-order chi connectivity index (χ1) is 13.0. The van der Waals surface area contributed by atoms with Crippen LogP contribution >= 0.6 is 11.3 Å². The van der Waals surface area contributed by atoms with E-state index < -0.39 is 5.60 Å². The topological polar surface area (TPSA) is 80.6 Å². The minimum absolute atomic E-state index is 0.549. The van der Waals surface area contributed by atoms with Gasteiger partial charge in [0.05, 0.1) is 36.1 Å². The van der Waals surface area contributed by atoms with E-state index in [0.717, 1.165) is 39.6 Å². The molecule has 1 aliphatic rings. The lowest BCUT2D eigenvalue weighted by Gasteiger charge is -2.28. The zero-order valence-electron chi connectivity index (χ0n) is 15.6. The molecule has 0 spiro atoms. The molecule has 3 aromatic rings. The monoisotopic (exact) mass is 386 g/mol. The van der Waals surface area contributed by atoms with E-state index in [1.54, 1.807) is 44.6 Å². The number of ether oxygens (including phenoxy) is 2. The predicted molar refractivity (Wildman–Crippen MR) is 105 cm³/mol. The lowest BCUT2D eigenvalue weighted by atomic mass is 10.1. The average molecular weight is 386 g/mol. The summed E-state index contributed by atoms with van der Waals surface area (Å²) in [5, 5.41) is 10.4. The van der Waals surface area contributed by atoms with Crippen LogP contribution in [-0.2, 0) is 10.3 Å². The summed E-state index contributed by atoms with van der Waals surface area (Å²) in [5.74, 6) is 2.04. The Morgan fingerprint density at radius 2 is 2.00 bits per heavy atom. The van der Waals surface area contributed by atoms with E-state index in [0.29, 0.717) is 24.9 Å². The number of nitrogens with zero attached hydrogens (tertiary/aromatic N) is 4. The Balaban J connectivity index is 1.86. The molecule has 1 fully saturated rings. The molecule has 1 aliphatic heterocycles. The van der Waals surface area contributed by atoms with Crippen LogP contribution in [-0.4, -0.2) is 53.5 Å². The van der Waals surface area contributed by atoms with Crippen LogP contribution in [0.15, 0.2) is 24.4 Å². The Labute approximate surface area is 161 Å². The van der Waals surface area contributed by atoms with Crippen LogP contribution in [0.25, 0.3) is 21.6 Å². The molecule has 0 bridgehead atoms. The number of aromatic nitrogens is 3. The van der Waals surface area contributed by atoms with Crippen LogP contribution in [0.5, 0.6) is 5.88 Å². The maximum absolute atomic E-state index is 10.4. The molecule has 1 N–H and O–H groups in total. The molecule has 0 aliphatic carbocycles. The van der Waals surface area contributed by atoms with E-state index in [-0.39, 0.29) is 0 Å². The number of fused-ring (bicyclic) bond motifs is 1. The van der Waals surface area contributed by atoms with Crippen LogP contribution in [0.4, 0.5) is 5.82 Å². The van der Waals surface area contributed by atoms with Gasteiger partial charge < -0.3 is 19.5 Å². The summed E-state index contributed by atoms with van der Waals surface area (Å²) < 4.78 is 11.6. The van der Waals surface area contributed by atoms with E-state index in [2.05, 4.69) is 9.88 Å². The fourth-order valence-corrected chi connectivity index (χ4v) is 4.08. The first-order valence-corrected chi connectivity index (χ1v) is 9.65. The van der Waals surface area contributed by atoms with Gasteiger partial charge in [-0.05, 0) is 26.0 Å². The normalized spacial score (nSPS) is 15.3. The number of morpholine rings is 1. The number of aliphatic hydroxyl groups is 1. The molecule has 0 aromatic carbocycles. The summed E-state index contributed by atoms with van der Waals surface area (Å²) >= 11 is 1.54. The molecule has 8 heteroatoms. The Morgan fingerprint density at radius 3 is 2.63 bits per heavy atom. The van der Waals surface area contributed by atoms with Gasteiger partial charge in [0.25, 0.3) is 0 Å². The SMILES string of the molecule is COc1ccc(-c2nc(N3CCOCC3)c3sc(C(C)(C)O)cc3n2)cn1. The van der Waals surface area contributed by atoms with Gasteiger partial charge in [-0.1, -0.05) is 0 Å². The first-order valence-electron chi connectivity index (χ1n) is 8.83. The molecule has 7 nitrogen and oxygen atoms in total. The Hall–Kier alpha value is -2.29. The van der Waals surface area contributed by atoms with Gasteiger partial charge in [-0.2, -0.15) is 0 Å². The smallest absolute Gasteiger partial charge is 0.212 e. The summed E-state index contributed by atoms with van der Waals surface area (Å²) in [6.07, 6.45) is 1.71. The maximum Gasteiger partial charge on any atom is 0.212 e. The molecule has 1 saturated heterocycles. The van der Waals surface area contributed by atoms with Crippen molar-refractivity contribution in [3.63, 3.8) is 0 Å². The van der Waals surface area contributed by atoms with Gasteiger partial charge in [0.1, 0.15) is 0 Å². The summed E-state index contributed by atoms with van der Waals surface area (Å²) in [5.41, 5.74) is 0.734. The second kappa shape index (κ2) is 7.03. The van der Waals surface area contributed by atoms with Crippen molar-refractivity contribution in [3.8, 4) is 17.3 Å². The molecule has 4 heterocycles. The third kappa shape index (κ3) is 3.60. The fourth-order valence-electron chi connectivity index (χ4n) is 2.97. The average Bonchev–Trinajstić information content (AvgIpc) is 3.13. The summed E-state index contributed by atoms with van der Waals surface area (Å²) in [4.78, 5) is 16.9. The highest BCUT2D eigenvalue weighted by molar-refractivity contribution is 7.19. The number of hydrogen-bond acceptors (Lipinski definition) is 8. The van der Waals surface area contributed by atoms with Crippen molar-refractivity contribution in [2.75, 3.05) is 38.3 Å². The highest BCUT2D eigenvalue weighted by Gasteiger charge is 2.24. The number of hydrogen-bond donors (Lipinski definition) is 1. The molecule has 4 rings (SSSR count). The lowest BCUT2D eigenvalue weighted by Crippen LogP contribution is -2.36. The first kappa shape index (κ1) is 18.1. The van der Waals surface area contributed by atoms with Crippen LogP contribution in [0.1, 0.15) is 18.7 Å². The third-order valence-electron chi connectivity index (χ3n) is 4.47. The van der Waals surface area contributed by atoms with E-state index in [1.807, 2.05) is 12.1 Å². The van der Waals surface area contributed by atoms with Gasteiger partial charge in [-0.3, -0.25) is 0 Å². The maximum atomic E-state index is 10.4. The van der Waals surface area contributed by atoms with Gasteiger partial charge in [0.2, 0.25) is 5.88 Å². The Kier molecular flexibility index (Phi) is 4.71. The van der Waals surface area contributed by atoms with Crippen molar-refractivity contribution >= 4 is 27.4 Å². The second-order valence-electron chi connectivity index (χ2n) is 6.94. The van der Waals surface area contributed by atoms with Gasteiger partial charge in [0.15, 0.2) is 11.6 Å². The summed E-state index contributed by atoms with van der Waals surface area (Å²) in [6, 6.07) is 5.65. The number of pyridine rings is 1. The molecule has 27 heavy (non-hydrogen) atoms. The molecule has 142 valence electrons. The van der Waals surface area contributed by atoms with Gasteiger partial charge in [0, 0.05) is 35.8 Å². The Morgan fingerprint density at radius 1 is 1.22 bits per heavy atom. The predicted octanol–water partition coefficient (Wildman–Crippen LogP) is 2.83. The summed E-state index contributed by atoms with van der Waals surface area (Å²) in [6.45, 7) is 6.48. The van der Waals surface area contributed by atoms with Crippen LogP contribution in [0, 0.1) is 0 Å². The van der Waals surface area contributed by atoms with Crippen LogP contribution in [0.3, 0.4) is 0 Å². The minimum atomic E-state index is -0.921. The third-order valence-corrected chi connectivity index (χ3v) is 5.90. The molecular weight excluding hydrogens is 364 g/mol. The molecule has 0 unspecified atom stereocenters. The van der Waals surface area contributed by atoms with Gasteiger partial charge >= 0.3 is 0 Å². The molecule has 0 saturated carbocycles. The summed E-state index contributed by atoms with van der Waals surface area (Å²) in [7, 11) is 1.59.